The van der Waals surface area contributed by atoms with E-state index in [2.05, 4.69) is 4.98 Å². The Labute approximate surface area is 183 Å². The molecule has 11 heteroatoms. The summed E-state index contributed by atoms with van der Waals surface area (Å²) in [5.41, 5.74) is 0.720. The van der Waals surface area contributed by atoms with Crippen LogP contribution < -0.4 is 0 Å². The summed E-state index contributed by atoms with van der Waals surface area (Å²) in [6.07, 6.45) is 0. The lowest BCUT2D eigenvalue weighted by Gasteiger charge is -2.26. The van der Waals surface area contributed by atoms with Crippen LogP contribution in [0.1, 0.15) is 23.1 Å². The van der Waals surface area contributed by atoms with Crippen LogP contribution in [0.3, 0.4) is 0 Å². The highest BCUT2D eigenvalue weighted by Crippen LogP contribution is 2.24. The summed E-state index contributed by atoms with van der Waals surface area (Å²) in [6, 6.07) is 7.25. The minimum absolute atomic E-state index is 0.115. The maximum Gasteiger partial charge on any atom is 0.341 e. The number of esters is 1. The minimum atomic E-state index is -3.69. The number of carbonyl (C=O) groups is 1. The number of benzene rings is 2. The van der Waals surface area contributed by atoms with Gasteiger partial charge in [-0.15, -0.1) is 0 Å². The van der Waals surface area contributed by atoms with E-state index in [0.717, 1.165) is 12.1 Å². The summed E-state index contributed by atoms with van der Waals surface area (Å²) in [6.45, 7) is 3.35. The van der Waals surface area contributed by atoms with Gasteiger partial charge in [-0.1, -0.05) is 0 Å². The molecule has 8 nitrogen and oxygen atoms in total. The Bertz CT molecular complexity index is 1270. The first-order valence-electron chi connectivity index (χ1n) is 10.0. The highest BCUT2D eigenvalue weighted by atomic mass is 32.2. The minimum Gasteiger partial charge on any atom is -0.454 e. The number of morpholine rings is 1. The molecule has 4 rings (SSSR count). The van der Waals surface area contributed by atoms with Crippen molar-refractivity contribution in [3.05, 3.63) is 59.4 Å². The lowest BCUT2D eigenvalue weighted by Crippen LogP contribution is -2.40. The standard InChI is InChI=1S/C21H21F2N3O5S/c1-2-26-19-6-4-15(32(28,29)25-7-9-30-10-8-25)12-18(19)24-20(26)13-31-21(27)16-5-3-14(22)11-17(16)23/h3-6,11-12H,2,7-10,13H2,1H3. The Morgan fingerprint density at radius 2 is 1.91 bits per heavy atom. The molecule has 32 heavy (non-hydrogen) atoms. The normalized spacial score (nSPS) is 15.2. The molecule has 0 bridgehead atoms. The van der Waals surface area contributed by atoms with Crippen molar-refractivity contribution in [3.8, 4) is 0 Å². The van der Waals surface area contributed by atoms with E-state index in [1.165, 1.54) is 16.4 Å². The molecule has 0 atom stereocenters. The molecule has 1 aromatic heterocycles. The molecule has 2 heterocycles. The van der Waals surface area contributed by atoms with E-state index < -0.39 is 27.6 Å². The van der Waals surface area contributed by atoms with Gasteiger partial charge >= 0.3 is 5.97 Å². The molecule has 0 amide bonds. The number of rotatable bonds is 6. The van der Waals surface area contributed by atoms with Gasteiger partial charge in [0, 0.05) is 25.7 Å². The molecule has 0 spiro atoms. The van der Waals surface area contributed by atoms with Crippen molar-refractivity contribution in [1.82, 2.24) is 13.9 Å². The molecule has 1 fully saturated rings. The zero-order valence-corrected chi connectivity index (χ0v) is 18.1. The predicted octanol–water partition coefficient (Wildman–Crippen LogP) is 2.71. The van der Waals surface area contributed by atoms with Crippen LogP contribution in [0.2, 0.25) is 0 Å². The van der Waals surface area contributed by atoms with Crippen LogP contribution >= 0.6 is 0 Å². The smallest absolute Gasteiger partial charge is 0.341 e. The van der Waals surface area contributed by atoms with Crippen LogP contribution in [0.5, 0.6) is 0 Å². The van der Waals surface area contributed by atoms with Gasteiger partial charge in [0.25, 0.3) is 0 Å². The number of sulfonamides is 1. The summed E-state index contributed by atoms with van der Waals surface area (Å²) in [7, 11) is -3.69. The molecule has 0 N–H and O–H groups in total. The van der Waals surface area contributed by atoms with Crippen LogP contribution in [0.15, 0.2) is 41.3 Å². The molecule has 0 aliphatic carbocycles. The van der Waals surface area contributed by atoms with Crippen LogP contribution in [-0.2, 0) is 32.6 Å². The largest absolute Gasteiger partial charge is 0.454 e. The molecular weight excluding hydrogens is 444 g/mol. The average Bonchev–Trinajstić information content (AvgIpc) is 3.14. The second-order valence-electron chi connectivity index (χ2n) is 7.14. The van der Waals surface area contributed by atoms with Crippen LogP contribution in [0, 0.1) is 11.6 Å². The molecular formula is C21H21F2N3O5S. The summed E-state index contributed by atoms with van der Waals surface area (Å²) in [5, 5.41) is 0. The molecule has 0 radical (unpaired) electrons. The maximum atomic E-state index is 13.8. The molecule has 0 saturated carbocycles. The average molecular weight is 465 g/mol. The van der Waals surface area contributed by atoms with Gasteiger partial charge in [-0.3, -0.25) is 0 Å². The van der Waals surface area contributed by atoms with Crippen LogP contribution in [-0.4, -0.2) is 54.5 Å². The number of hydrogen-bond donors (Lipinski definition) is 0. The van der Waals surface area contributed by atoms with Crippen molar-refractivity contribution in [2.24, 2.45) is 0 Å². The van der Waals surface area contributed by atoms with Gasteiger partial charge in [-0.05, 0) is 37.3 Å². The van der Waals surface area contributed by atoms with Crippen molar-refractivity contribution in [2.45, 2.75) is 25.0 Å². The van der Waals surface area contributed by atoms with Crippen molar-refractivity contribution >= 4 is 27.0 Å². The fraction of sp³-hybridized carbons (Fsp3) is 0.333. The van der Waals surface area contributed by atoms with Crippen LogP contribution in [0.4, 0.5) is 8.78 Å². The third kappa shape index (κ3) is 4.23. The number of aromatic nitrogens is 2. The van der Waals surface area contributed by atoms with Crippen molar-refractivity contribution in [2.75, 3.05) is 26.3 Å². The fourth-order valence-corrected chi connectivity index (χ4v) is 5.01. The molecule has 1 aliphatic rings. The number of nitrogens with zero attached hydrogens (tertiary/aromatic N) is 3. The zero-order chi connectivity index (χ0) is 22.9. The number of fused-ring (bicyclic) bond motifs is 1. The first-order valence-corrected chi connectivity index (χ1v) is 11.4. The third-order valence-electron chi connectivity index (χ3n) is 5.21. The van der Waals surface area contributed by atoms with E-state index in [1.54, 1.807) is 10.6 Å². The van der Waals surface area contributed by atoms with Gasteiger partial charge in [0.05, 0.1) is 34.7 Å². The number of ether oxygens (including phenoxy) is 2. The Balaban J connectivity index is 1.59. The van der Waals surface area contributed by atoms with E-state index in [-0.39, 0.29) is 30.2 Å². The zero-order valence-electron chi connectivity index (χ0n) is 17.3. The number of halogens is 2. The molecule has 2 aromatic carbocycles. The summed E-state index contributed by atoms with van der Waals surface area (Å²) in [4.78, 5) is 16.8. The van der Waals surface area contributed by atoms with E-state index in [0.29, 0.717) is 42.7 Å². The molecule has 1 aliphatic heterocycles. The Morgan fingerprint density at radius 1 is 1.16 bits per heavy atom. The predicted molar refractivity (Wildman–Crippen MR) is 110 cm³/mol. The maximum absolute atomic E-state index is 13.8. The second-order valence-corrected chi connectivity index (χ2v) is 9.08. The van der Waals surface area contributed by atoms with Crippen molar-refractivity contribution in [3.63, 3.8) is 0 Å². The van der Waals surface area contributed by atoms with Gasteiger partial charge < -0.3 is 14.0 Å². The van der Waals surface area contributed by atoms with Gasteiger partial charge in [-0.25, -0.2) is 27.0 Å². The third-order valence-corrected chi connectivity index (χ3v) is 7.10. The van der Waals surface area contributed by atoms with Gasteiger partial charge in [0.2, 0.25) is 10.0 Å². The van der Waals surface area contributed by atoms with Gasteiger partial charge in [-0.2, -0.15) is 4.31 Å². The second kappa shape index (κ2) is 8.93. The Morgan fingerprint density at radius 3 is 2.59 bits per heavy atom. The number of imidazole rings is 1. The summed E-state index contributed by atoms with van der Waals surface area (Å²) >= 11 is 0. The SMILES string of the molecule is CCn1c(COC(=O)c2ccc(F)cc2F)nc2cc(S(=O)(=O)N3CCOCC3)ccc21. The molecule has 0 unspecified atom stereocenters. The topological polar surface area (TPSA) is 90.7 Å². The Hall–Kier alpha value is -2.89. The van der Waals surface area contributed by atoms with E-state index >= 15 is 0 Å². The monoisotopic (exact) mass is 465 g/mol. The molecule has 170 valence electrons. The number of hydrogen-bond acceptors (Lipinski definition) is 6. The first kappa shape index (κ1) is 22.3. The highest BCUT2D eigenvalue weighted by Gasteiger charge is 2.27. The number of aryl methyl sites for hydroxylation is 1. The molecule has 1 saturated heterocycles. The first-order chi connectivity index (χ1) is 15.3. The summed E-state index contributed by atoms with van der Waals surface area (Å²) in [5.74, 6) is -2.39. The fourth-order valence-electron chi connectivity index (χ4n) is 3.58. The lowest BCUT2D eigenvalue weighted by atomic mass is 10.2. The number of carbonyl (C=O) groups excluding carboxylic acids is 1. The van der Waals surface area contributed by atoms with Gasteiger partial charge in [0.1, 0.15) is 24.1 Å². The van der Waals surface area contributed by atoms with Crippen molar-refractivity contribution < 1.29 is 31.5 Å². The van der Waals surface area contributed by atoms with E-state index in [4.69, 9.17) is 9.47 Å². The Kier molecular flexibility index (Phi) is 6.22. The van der Waals surface area contributed by atoms with E-state index in [1.807, 2.05) is 6.92 Å². The quantitative estimate of drug-likeness (QED) is 0.520. The molecule has 3 aromatic rings. The van der Waals surface area contributed by atoms with Crippen LogP contribution in [0.25, 0.3) is 11.0 Å². The van der Waals surface area contributed by atoms with E-state index in [9.17, 15) is 22.0 Å². The van der Waals surface area contributed by atoms with Gasteiger partial charge in [0.15, 0.2) is 0 Å². The van der Waals surface area contributed by atoms with Crippen molar-refractivity contribution in [1.29, 1.82) is 0 Å². The summed E-state index contributed by atoms with van der Waals surface area (Å²) < 4.78 is 66.3. The highest BCUT2D eigenvalue weighted by molar-refractivity contribution is 7.89. The lowest BCUT2D eigenvalue weighted by molar-refractivity contribution is 0.0453.